The van der Waals surface area contributed by atoms with E-state index in [-0.39, 0.29) is 0 Å². The molecule has 0 aliphatic carbocycles. The van der Waals surface area contributed by atoms with Gasteiger partial charge in [-0.25, -0.2) is 0 Å². The Kier molecular flexibility index (Phi) is 7.33. The van der Waals surface area contributed by atoms with Crippen molar-refractivity contribution in [2.45, 2.75) is 59.0 Å². The molecule has 0 aliphatic heterocycles. The van der Waals surface area contributed by atoms with Gasteiger partial charge in [0.05, 0.1) is 11.5 Å². The Labute approximate surface area is 133 Å². The molecule has 122 valence electrons. The molecule has 0 saturated carbocycles. The van der Waals surface area contributed by atoms with Crippen molar-refractivity contribution in [3.05, 3.63) is 41.5 Å². The van der Waals surface area contributed by atoms with Crippen molar-refractivity contribution in [1.29, 1.82) is 0 Å². The quantitative estimate of drug-likeness (QED) is 0.660. The number of carboxylic acid groups (broad SMARTS) is 1. The van der Waals surface area contributed by atoms with E-state index >= 15 is 0 Å². The highest BCUT2D eigenvalue weighted by atomic mass is 16.4. The maximum atomic E-state index is 11.4. The van der Waals surface area contributed by atoms with Crippen molar-refractivity contribution in [2.24, 2.45) is 5.41 Å². The molecule has 0 bridgehead atoms. The lowest BCUT2D eigenvalue weighted by Crippen LogP contribution is -2.38. The lowest BCUT2D eigenvalue weighted by atomic mass is 9.80. The van der Waals surface area contributed by atoms with Crippen LogP contribution in [-0.4, -0.2) is 22.3 Å². The first-order valence-corrected chi connectivity index (χ1v) is 8.06. The van der Waals surface area contributed by atoms with E-state index in [1.807, 2.05) is 36.4 Å². The van der Waals surface area contributed by atoms with Crippen LogP contribution in [-0.2, 0) is 4.79 Å². The summed E-state index contributed by atoms with van der Waals surface area (Å²) in [5.41, 5.74) is 0.605. The zero-order valence-corrected chi connectivity index (χ0v) is 13.9. The van der Waals surface area contributed by atoms with Crippen LogP contribution >= 0.6 is 0 Å². The van der Waals surface area contributed by atoms with E-state index in [1.165, 1.54) is 0 Å². The molecule has 0 aromatic heterocycles. The zero-order chi connectivity index (χ0) is 16.6. The topological polar surface area (TPSA) is 57.5 Å². The van der Waals surface area contributed by atoms with Gasteiger partial charge in [-0.15, -0.1) is 0 Å². The first-order valence-electron chi connectivity index (χ1n) is 8.06. The van der Waals surface area contributed by atoms with E-state index in [0.29, 0.717) is 0 Å². The van der Waals surface area contributed by atoms with Crippen molar-refractivity contribution in [1.82, 2.24) is 0 Å². The molecule has 2 N–H and O–H groups in total. The number of aliphatic hydroxyl groups excluding tert-OH is 1. The molecule has 0 fully saturated rings. The minimum absolute atomic E-state index is 0.729. The van der Waals surface area contributed by atoms with Gasteiger partial charge < -0.3 is 10.2 Å². The van der Waals surface area contributed by atoms with Crippen molar-refractivity contribution >= 4 is 12.0 Å². The van der Waals surface area contributed by atoms with E-state index in [9.17, 15) is 15.0 Å². The lowest BCUT2D eigenvalue weighted by Gasteiger charge is -2.28. The average Bonchev–Trinajstić information content (AvgIpc) is 2.50. The normalized spacial score (nSPS) is 13.9. The highest BCUT2D eigenvalue weighted by Gasteiger charge is 2.37. The molecular weight excluding hydrogens is 276 g/mol. The van der Waals surface area contributed by atoms with E-state index in [2.05, 4.69) is 6.92 Å². The third-order valence-electron chi connectivity index (χ3n) is 4.06. The van der Waals surface area contributed by atoms with Gasteiger partial charge in [0, 0.05) is 0 Å². The van der Waals surface area contributed by atoms with Crippen LogP contribution in [0.2, 0.25) is 0 Å². The molecule has 1 aromatic rings. The molecule has 3 nitrogen and oxygen atoms in total. The van der Waals surface area contributed by atoms with E-state index in [0.717, 1.165) is 43.2 Å². The van der Waals surface area contributed by atoms with Crippen LogP contribution in [0.4, 0.5) is 0 Å². The molecule has 1 unspecified atom stereocenters. The number of carbonyl (C=O) groups is 1. The Bertz CT molecular complexity index is 489. The smallest absolute Gasteiger partial charge is 0.312 e. The summed E-state index contributed by atoms with van der Waals surface area (Å²) in [6.07, 6.45) is 6.07. The van der Waals surface area contributed by atoms with Gasteiger partial charge in [-0.05, 0) is 37.8 Å². The summed E-state index contributed by atoms with van der Waals surface area (Å²) in [4.78, 5) is 11.4. The van der Waals surface area contributed by atoms with Gasteiger partial charge >= 0.3 is 5.97 Å². The van der Waals surface area contributed by atoms with Crippen molar-refractivity contribution in [3.63, 3.8) is 0 Å². The molecule has 0 heterocycles. The van der Waals surface area contributed by atoms with Crippen LogP contribution in [0.1, 0.15) is 58.4 Å². The fourth-order valence-corrected chi connectivity index (χ4v) is 2.39. The zero-order valence-electron chi connectivity index (χ0n) is 13.9. The van der Waals surface area contributed by atoms with Gasteiger partial charge in [-0.2, -0.15) is 0 Å². The largest absolute Gasteiger partial charge is 0.481 e. The van der Waals surface area contributed by atoms with Crippen LogP contribution in [0, 0.1) is 5.41 Å². The maximum absolute atomic E-state index is 11.4. The average molecular weight is 304 g/mol. The minimum atomic E-state index is -1.19. The highest BCUT2D eigenvalue weighted by molar-refractivity contribution is 5.75. The molecule has 22 heavy (non-hydrogen) atoms. The van der Waals surface area contributed by atoms with E-state index in [4.69, 9.17) is 0 Å². The Hall–Kier alpha value is -1.61. The summed E-state index contributed by atoms with van der Waals surface area (Å²) < 4.78 is 0. The summed E-state index contributed by atoms with van der Waals surface area (Å²) in [5, 5.41) is 19.9. The molecule has 3 heteroatoms. The summed E-state index contributed by atoms with van der Waals surface area (Å²) in [6.45, 7) is 5.30. The van der Waals surface area contributed by atoms with Gasteiger partial charge in [-0.1, -0.05) is 62.6 Å². The van der Waals surface area contributed by atoms with Crippen LogP contribution in [0.3, 0.4) is 0 Å². The van der Waals surface area contributed by atoms with Crippen LogP contribution in [0.15, 0.2) is 35.9 Å². The summed E-state index contributed by atoms with van der Waals surface area (Å²) in [6, 6.07) is 9.75. The summed E-state index contributed by atoms with van der Waals surface area (Å²) in [5.74, 6) is -0.979. The van der Waals surface area contributed by atoms with Gasteiger partial charge in [0.15, 0.2) is 0 Å². The number of aliphatic hydroxyl groups is 1. The van der Waals surface area contributed by atoms with Crippen LogP contribution in [0.5, 0.6) is 0 Å². The standard InChI is InChI=1S/C19H28O3/c1-4-5-6-10-13-16(14-15-11-8-7-9-12-15)17(20)19(2,3)18(21)22/h7-9,11-12,14,17,20H,4-6,10,13H2,1-3H3,(H,21,22)/b16-14+. The van der Waals surface area contributed by atoms with Gasteiger partial charge in [0.25, 0.3) is 0 Å². The van der Waals surface area contributed by atoms with E-state index < -0.39 is 17.5 Å². The summed E-state index contributed by atoms with van der Waals surface area (Å²) in [7, 11) is 0. The molecule has 0 amide bonds. The fraction of sp³-hybridized carbons (Fsp3) is 0.526. The molecule has 0 spiro atoms. The minimum Gasteiger partial charge on any atom is -0.481 e. The number of benzene rings is 1. The molecule has 1 atom stereocenters. The second kappa shape index (κ2) is 8.74. The first-order chi connectivity index (χ1) is 10.4. The predicted molar refractivity (Wildman–Crippen MR) is 90.6 cm³/mol. The van der Waals surface area contributed by atoms with E-state index in [1.54, 1.807) is 13.8 Å². The SMILES string of the molecule is CCCCCC/C(=C\c1ccccc1)C(O)C(C)(C)C(=O)O. The molecule has 1 rings (SSSR count). The second-order valence-corrected chi connectivity index (χ2v) is 6.37. The number of unbranched alkanes of at least 4 members (excludes halogenated alkanes) is 3. The molecule has 0 saturated heterocycles. The number of hydrogen-bond donors (Lipinski definition) is 2. The van der Waals surface area contributed by atoms with Gasteiger partial charge in [0.2, 0.25) is 0 Å². The predicted octanol–water partition coefficient (Wildman–Crippen LogP) is 4.51. The maximum Gasteiger partial charge on any atom is 0.312 e. The number of rotatable bonds is 9. The van der Waals surface area contributed by atoms with Gasteiger partial charge in [-0.3, -0.25) is 4.79 Å². The number of aliphatic carboxylic acids is 1. The summed E-state index contributed by atoms with van der Waals surface area (Å²) >= 11 is 0. The van der Waals surface area contributed by atoms with Gasteiger partial charge in [0.1, 0.15) is 0 Å². The Morgan fingerprint density at radius 3 is 2.36 bits per heavy atom. The van der Waals surface area contributed by atoms with Crippen molar-refractivity contribution in [2.75, 3.05) is 0 Å². The molecule has 0 radical (unpaired) electrons. The first kappa shape index (κ1) is 18.4. The third-order valence-corrected chi connectivity index (χ3v) is 4.06. The molecule has 0 aliphatic rings. The number of carboxylic acids is 1. The molecular formula is C19H28O3. The van der Waals surface area contributed by atoms with Crippen molar-refractivity contribution < 1.29 is 15.0 Å². The third kappa shape index (κ3) is 5.30. The monoisotopic (exact) mass is 304 g/mol. The fourth-order valence-electron chi connectivity index (χ4n) is 2.39. The Morgan fingerprint density at radius 2 is 1.82 bits per heavy atom. The number of hydrogen-bond acceptors (Lipinski definition) is 2. The van der Waals surface area contributed by atoms with Crippen LogP contribution < -0.4 is 0 Å². The Morgan fingerprint density at radius 1 is 1.18 bits per heavy atom. The highest BCUT2D eigenvalue weighted by Crippen LogP contribution is 2.30. The van der Waals surface area contributed by atoms with Crippen LogP contribution in [0.25, 0.3) is 6.08 Å². The van der Waals surface area contributed by atoms with Crippen molar-refractivity contribution in [3.8, 4) is 0 Å². The second-order valence-electron chi connectivity index (χ2n) is 6.37. The lowest BCUT2D eigenvalue weighted by molar-refractivity contribution is -0.151. The molecule has 1 aromatic carbocycles. The Balaban J connectivity index is 2.95.